The number of unbranched alkanes of at least 4 members (excludes halogenated alkanes) is 1. The van der Waals surface area contributed by atoms with Crippen LogP contribution in [0.3, 0.4) is 0 Å². The second-order valence-electron chi connectivity index (χ2n) is 4.25. The summed E-state index contributed by atoms with van der Waals surface area (Å²) in [6, 6.07) is 1.97. The molecule has 1 rings (SSSR count). The summed E-state index contributed by atoms with van der Waals surface area (Å²) in [4.78, 5) is 11.5. The average molecular weight is 288 g/mol. The number of hydrogen-bond donors (Lipinski definition) is 2. The van der Waals surface area contributed by atoms with Gasteiger partial charge in [-0.2, -0.15) is 0 Å². The van der Waals surface area contributed by atoms with Crippen LogP contribution in [0.15, 0.2) is 17.0 Å². The van der Waals surface area contributed by atoms with E-state index in [1.807, 2.05) is 6.92 Å². The molecule has 0 atom stereocenters. The zero-order chi connectivity index (χ0) is 14.6. The summed E-state index contributed by atoms with van der Waals surface area (Å²) in [5, 5.41) is 7.54. The Bertz CT molecular complexity index is 585. The summed E-state index contributed by atoms with van der Waals surface area (Å²) < 4.78 is 36.3. The van der Waals surface area contributed by atoms with Crippen molar-refractivity contribution < 1.29 is 17.6 Å². The highest BCUT2D eigenvalue weighted by atomic mass is 32.2. The van der Waals surface area contributed by atoms with Gasteiger partial charge in [0.05, 0.1) is 10.5 Å². The lowest BCUT2D eigenvalue weighted by Gasteiger charge is -2.09. The van der Waals surface area contributed by atoms with Crippen LogP contribution in [0.25, 0.3) is 0 Å². The summed E-state index contributed by atoms with van der Waals surface area (Å²) in [5.74, 6) is -1.41. The molecule has 0 aliphatic rings. The molecule has 0 bridgehead atoms. The van der Waals surface area contributed by atoms with Crippen LogP contribution < -0.4 is 10.5 Å². The van der Waals surface area contributed by atoms with E-state index in [2.05, 4.69) is 5.32 Å². The number of carbonyl (C=O) groups excluding carboxylic acids is 1. The Hall–Kier alpha value is -1.47. The van der Waals surface area contributed by atoms with Crippen molar-refractivity contribution >= 4 is 15.9 Å². The number of halogens is 1. The fraction of sp³-hybridized carbons (Fsp3) is 0.417. The Balaban J connectivity index is 3.11. The molecule has 0 unspecified atom stereocenters. The number of primary sulfonamides is 1. The molecular weight excluding hydrogens is 271 g/mol. The third kappa shape index (κ3) is 4.00. The number of benzene rings is 1. The van der Waals surface area contributed by atoms with Gasteiger partial charge < -0.3 is 5.32 Å². The second kappa shape index (κ2) is 6.12. The van der Waals surface area contributed by atoms with E-state index in [1.54, 1.807) is 0 Å². The van der Waals surface area contributed by atoms with Crippen molar-refractivity contribution in [3.05, 3.63) is 29.1 Å². The maximum Gasteiger partial charge on any atom is 0.254 e. The molecule has 0 aliphatic carbocycles. The topological polar surface area (TPSA) is 89.3 Å². The summed E-state index contributed by atoms with van der Waals surface area (Å²) in [6.45, 7) is 3.78. The largest absolute Gasteiger partial charge is 0.352 e. The van der Waals surface area contributed by atoms with Crippen LogP contribution in [-0.2, 0) is 10.0 Å². The van der Waals surface area contributed by atoms with Gasteiger partial charge in [-0.05, 0) is 31.0 Å². The first kappa shape index (κ1) is 15.6. The third-order valence-corrected chi connectivity index (χ3v) is 3.68. The molecule has 1 aromatic rings. The van der Waals surface area contributed by atoms with Gasteiger partial charge in [-0.15, -0.1) is 0 Å². The smallest absolute Gasteiger partial charge is 0.254 e. The van der Waals surface area contributed by atoms with E-state index in [4.69, 9.17) is 5.14 Å². The Morgan fingerprint density at radius 3 is 2.58 bits per heavy atom. The van der Waals surface area contributed by atoms with Gasteiger partial charge in [-0.25, -0.2) is 17.9 Å². The van der Waals surface area contributed by atoms with E-state index < -0.39 is 21.7 Å². The van der Waals surface area contributed by atoms with Crippen molar-refractivity contribution in [1.82, 2.24) is 5.32 Å². The molecule has 0 fully saturated rings. The molecule has 19 heavy (non-hydrogen) atoms. The first-order valence-corrected chi connectivity index (χ1v) is 7.43. The maximum absolute atomic E-state index is 13.7. The highest BCUT2D eigenvalue weighted by Gasteiger charge is 2.19. The number of amides is 1. The Kier molecular flexibility index (Phi) is 5.02. The summed E-state index contributed by atoms with van der Waals surface area (Å²) >= 11 is 0. The number of nitrogens with two attached hydrogens (primary N) is 1. The molecule has 0 spiro atoms. The number of sulfonamides is 1. The number of hydrogen-bond acceptors (Lipinski definition) is 3. The maximum atomic E-state index is 13.7. The minimum Gasteiger partial charge on any atom is -0.352 e. The van der Waals surface area contributed by atoms with Gasteiger partial charge in [0, 0.05) is 6.54 Å². The van der Waals surface area contributed by atoms with Crippen LogP contribution in [-0.4, -0.2) is 20.9 Å². The Labute approximate surface area is 112 Å². The quantitative estimate of drug-likeness (QED) is 0.801. The van der Waals surface area contributed by atoms with Crippen LogP contribution in [0.1, 0.15) is 35.7 Å². The molecule has 3 N–H and O–H groups in total. The molecule has 0 aromatic heterocycles. The fourth-order valence-corrected chi connectivity index (χ4v) is 2.40. The lowest BCUT2D eigenvalue weighted by molar-refractivity contribution is 0.0949. The zero-order valence-corrected chi connectivity index (χ0v) is 11.7. The molecule has 0 heterocycles. The van der Waals surface area contributed by atoms with Crippen molar-refractivity contribution in [1.29, 1.82) is 0 Å². The molecule has 7 heteroatoms. The fourth-order valence-electron chi connectivity index (χ4n) is 1.61. The lowest BCUT2D eigenvalue weighted by Crippen LogP contribution is -2.26. The van der Waals surface area contributed by atoms with Crippen LogP contribution in [0.5, 0.6) is 0 Å². The molecule has 106 valence electrons. The highest BCUT2D eigenvalue weighted by Crippen LogP contribution is 2.19. The zero-order valence-electron chi connectivity index (χ0n) is 10.9. The molecular formula is C12H17FN2O3S. The molecule has 1 aromatic carbocycles. The molecule has 0 saturated heterocycles. The van der Waals surface area contributed by atoms with E-state index in [9.17, 15) is 17.6 Å². The van der Waals surface area contributed by atoms with Gasteiger partial charge >= 0.3 is 0 Å². The minimum atomic E-state index is -3.98. The summed E-state index contributed by atoms with van der Waals surface area (Å²) in [5.41, 5.74) is -0.143. The highest BCUT2D eigenvalue weighted by molar-refractivity contribution is 7.89. The van der Waals surface area contributed by atoms with Gasteiger partial charge in [0.1, 0.15) is 5.82 Å². The van der Waals surface area contributed by atoms with Crippen LogP contribution in [0.2, 0.25) is 0 Å². The van der Waals surface area contributed by atoms with Crippen LogP contribution in [0, 0.1) is 12.7 Å². The van der Waals surface area contributed by atoms with Crippen molar-refractivity contribution in [3.8, 4) is 0 Å². The van der Waals surface area contributed by atoms with Gasteiger partial charge in [0.15, 0.2) is 0 Å². The summed E-state index contributed by atoms with van der Waals surface area (Å²) in [7, 11) is -3.98. The van der Waals surface area contributed by atoms with Gasteiger partial charge in [0.2, 0.25) is 10.0 Å². The normalized spacial score (nSPS) is 11.4. The lowest BCUT2D eigenvalue weighted by atomic mass is 10.1. The van der Waals surface area contributed by atoms with Gasteiger partial charge in [0.25, 0.3) is 5.91 Å². The van der Waals surface area contributed by atoms with Crippen LogP contribution in [0.4, 0.5) is 4.39 Å². The molecule has 1 amide bonds. The standard InChI is InChI=1S/C12H17FN2O3S/c1-3-4-5-15-12(16)9-7-11(19(14,17)18)8(2)6-10(9)13/h6-7H,3-5H2,1-2H3,(H,15,16)(H2,14,17,18). The predicted octanol–water partition coefficient (Wildman–Crippen LogP) is 1.31. The van der Waals surface area contributed by atoms with E-state index in [0.29, 0.717) is 6.54 Å². The second-order valence-corrected chi connectivity index (χ2v) is 5.78. The number of nitrogens with one attached hydrogen (secondary N) is 1. The van der Waals surface area contributed by atoms with Crippen molar-refractivity contribution in [2.45, 2.75) is 31.6 Å². The molecule has 0 radical (unpaired) electrons. The predicted molar refractivity (Wildman–Crippen MR) is 69.8 cm³/mol. The Morgan fingerprint density at radius 2 is 2.05 bits per heavy atom. The van der Waals surface area contributed by atoms with Gasteiger partial charge in [-0.1, -0.05) is 13.3 Å². The van der Waals surface area contributed by atoms with Crippen molar-refractivity contribution in [3.63, 3.8) is 0 Å². The van der Waals surface area contributed by atoms with Gasteiger partial charge in [-0.3, -0.25) is 4.79 Å². The monoisotopic (exact) mass is 288 g/mol. The summed E-state index contributed by atoms with van der Waals surface area (Å²) in [6.07, 6.45) is 1.65. The first-order chi connectivity index (χ1) is 8.77. The molecule has 5 nitrogen and oxygen atoms in total. The first-order valence-electron chi connectivity index (χ1n) is 5.88. The van der Waals surface area contributed by atoms with Crippen molar-refractivity contribution in [2.75, 3.05) is 6.54 Å². The number of carbonyl (C=O) groups is 1. The van der Waals surface area contributed by atoms with E-state index in [-0.39, 0.29) is 16.0 Å². The van der Waals surface area contributed by atoms with E-state index in [0.717, 1.165) is 25.0 Å². The van der Waals surface area contributed by atoms with Crippen LogP contribution >= 0.6 is 0 Å². The average Bonchev–Trinajstić information content (AvgIpc) is 2.27. The minimum absolute atomic E-state index is 0.171. The SMILES string of the molecule is CCCCNC(=O)c1cc(S(N)(=O)=O)c(C)cc1F. The van der Waals surface area contributed by atoms with E-state index in [1.165, 1.54) is 6.92 Å². The van der Waals surface area contributed by atoms with Crippen molar-refractivity contribution in [2.24, 2.45) is 5.14 Å². The molecule has 0 aliphatic heterocycles. The number of rotatable bonds is 5. The number of aryl methyl sites for hydroxylation is 1. The third-order valence-electron chi connectivity index (χ3n) is 2.63. The Morgan fingerprint density at radius 1 is 1.42 bits per heavy atom. The molecule has 0 saturated carbocycles. The van der Waals surface area contributed by atoms with E-state index >= 15 is 0 Å².